The number of hydrogen-bond acceptors (Lipinski definition) is 6. The monoisotopic (exact) mass is 289 g/mol. The van der Waals surface area contributed by atoms with Crippen LogP contribution in [0.1, 0.15) is 25.3 Å². The van der Waals surface area contributed by atoms with Crippen LogP contribution in [-0.2, 0) is 13.6 Å². The summed E-state index contributed by atoms with van der Waals surface area (Å²) >= 11 is 0. The molecular formula is C11H16NO6P. The van der Waals surface area contributed by atoms with Crippen LogP contribution in [-0.4, -0.2) is 23.2 Å². The molecule has 0 fully saturated rings. The van der Waals surface area contributed by atoms with Crippen molar-refractivity contribution in [1.29, 1.82) is 0 Å². The average molecular weight is 289 g/mol. The fourth-order valence-electron chi connectivity index (χ4n) is 1.49. The SMILES string of the molecule is CCOP(=O)(OCC)[C@H](O)c1ccc([N+](=O)[O-])cc1. The van der Waals surface area contributed by atoms with E-state index in [1.165, 1.54) is 24.3 Å². The summed E-state index contributed by atoms with van der Waals surface area (Å²) in [4.78, 5) is 9.97. The minimum Gasteiger partial charge on any atom is -0.376 e. The van der Waals surface area contributed by atoms with Gasteiger partial charge in [0, 0.05) is 12.1 Å². The van der Waals surface area contributed by atoms with Crippen molar-refractivity contribution in [2.24, 2.45) is 0 Å². The van der Waals surface area contributed by atoms with Crippen LogP contribution in [0.15, 0.2) is 24.3 Å². The molecule has 0 heterocycles. The van der Waals surface area contributed by atoms with Gasteiger partial charge in [-0.2, -0.15) is 0 Å². The molecule has 0 spiro atoms. The van der Waals surface area contributed by atoms with E-state index in [1.54, 1.807) is 13.8 Å². The van der Waals surface area contributed by atoms with E-state index in [9.17, 15) is 19.8 Å². The summed E-state index contributed by atoms with van der Waals surface area (Å²) in [5.74, 6) is -1.46. The van der Waals surface area contributed by atoms with E-state index in [4.69, 9.17) is 9.05 Å². The first-order valence-electron chi connectivity index (χ1n) is 5.75. The van der Waals surface area contributed by atoms with Gasteiger partial charge in [-0.05, 0) is 31.5 Å². The Hall–Kier alpha value is -1.27. The number of aliphatic hydroxyl groups is 1. The van der Waals surface area contributed by atoms with Gasteiger partial charge in [0.1, 0.15) is 0 Å². The zero-order valence-corrected chi connectivity index (χ0v) is 11.6. The van der Waals surface area contributed by atoms with Crippen molar-refractivity contribution in [2.75, 3.05) is 13.2 Å². The number of rotatable bonds is 7. The fourth-order valence-corrected chi connectivity index (χ4v) is 3.10. The fraction of sp³-hybridized carbons (Fsp3) is 0.455. The molecule has 0 amide bonds. The molecule has 8 heteroatoms. The van der Waals surface area contributed by atoms with Gasteiger partial charge in [-0.1, -0.05) is 0 Å². The molecule has 1 rings (SSSR count). The number of nitro groups is 1. The number of nitrogens with zero attached hydrogens (tertiary/aromatic N) is 1. The lowest BCUT2D eigenvalue weighted by atomic mass is 10.2. The lowest BCUT2D eigenvalue weighted by Gasteiger charge is -2.22. The number of hydrogen-bond donors (Lipinski definition) is 1. The van der Waals surface area contributed by atoms with E-state index >= 15 is 0 Å². The highest BCUT2D eigenvalue weighted by atomic mass is 31.2. The maximum absolute atomic E-state index is 12.3. The third-order valence-electron chi connectivity index (χ3n) is 2.32. The smallest absolute Gasteiger partial charge is 0.363 e. The normalized spacial score (nSPS) is 13.2. The molecular weight excluding hydrogens is 273 g/mol. The number of non-ortho nitro benzene ring substituents is 1. The first-order chi connectivity index (χ1) is 8.94. The molecule has 0 radical (unpaired) electrons. The molecule has 1 N–H and O–H groups in total. The lowest BCUT2D eigenvalue weighted by Crippen LogP contribution is -2.06. The van der Waals surface area contributed by atoms with Crippen molar-refractivity contribution in [3.8, 4) is 0 Å². The molecule has 7 nitrogen and oxygen atoms in total. The van der Waals surface area contributed by atoms with Crippen molar-refractivity contribution in [1.82, 2.24) is 0 Å². The number of nitro benzene ring substituents is 1. The molecule has 1 aromatic rings. The van der Waals surface area contributed by atoms with E-state index < -0.39 is 18.4 Å². The van der Waals surface area contributed by atoms with Gasteiger partial charge in [0.2, 0.25) is 0 Å². The lowest BCUT2D eigenvalue weighted by molar-refractivity contribution is -0.384. The highest BCUT2D eigenvalue weighted by Gasteiger charge is 2.35. The van der Waals surface area contributed by atoms with Gasteiger partial charge in [0.25, 0.3) is 5.69 Å². The largest absolute Gasteiger partial charge is 0.376 e. The molecule has 1 aromatic carbocycles. The third-order valence-corrected chi connectivity index (χ3v) is 4.45. The van der Waals surface area contributed by atoms with Gasteiger partial charge in [-0.3, -0.25) is 14.7 Å². The van der Waals surface area contributed by atoms with E-state index in [-0.39, 0.29) is 24.5 Å². The predicted molar refractivity (Wildman–Crippen MR) is 68.9 cm³/mol. The van der Waals surface area contributed by atoms with Crippen LogP contribution < -0.4 is 0 Å². The number of aliphatic hydroxyl groups excluding tert-OH is 1. The Balaban J connectivity index is 2.99. The molecule has 0 bridgehead atoms. The Morgan fingerprint density at radius 3 is 2.11 bits per heavy atom. The molecule has 0 saturated heterocycles. The Kier molecular flexibility index (Phi) is 5.62. The van der Waals surface area contributed by atoms with Crippen molar-refractivity contribution < 1.29 is 23.6 Å². The molecule has 0 aromatic heterocycles. The van der Waals surface area contributed by atoms with Crippen LogP contribution in [0.3, 0.4) is 0 Å². The molecule has 19 heavy (non-hydrogen) atoms. The summed E-state index contributed by atoms with van der Waals surface area (Å²) in [6.45, 7) is 3.52. The Morgan fingerprint density at radius 2 is 1.74 bits per heavy atom. The van der Waals surface area contributed by atoms with Gasteiger partial charge >= 0.3 is 7.60 Å². The highest BCUT2D eigenvalue weighted by molar-refractivity contribution is 7.54. The van der Waals surface area contributed by atoms with Crippen LogP contribution in [0.25, 0.3) is 0 Å². The Bertz CT molecular complexity index is 465. The Morgan fingerprint density at radius 1 is 1.26 bits per heavy atom. The molecule has 0 aliphatic carbocycles. The molecule has 1 atom stereocenters. The summed E-state index contributed by atoms with van der Waals surface area (Å²) in [5.41, 5.74) is 0.134. The second-order valence-electron chi connectivity index (χ2n) is 3.60. The zero-order chi connectivity index (χ0) is 14.5. The Labute approximate surface area is 110 Å². The van der Waals surface area contributed by atoms with E-state index in [2.05, 4.69) is 0 Å². The minimum absolute atomic E-state index is 0.112. The average Bonchev–Trinajstić information content (AvgIpc) is 2.38. The maximum Gasteiger partial charge on any atom is 0.363 e. The minimum atomic E-state index is -3.69. The van der Waals surface area contributed by atoms with Crippen molar-refractivity contribution in [3.05, 3.63) is 39.9 Å². The summed E-state index contributed by atoms with van der Waals surface area (Å²) in [7, 11) is -3.69. The van der Waals surface area contributed by atoms with Gasteiger partial charge in [0.05, 0.1) is 18.1 Å². The second kappa shape index (κ2) is 6.77. The first kappa shape index (κ1) is 15.8. The van der Waals surface area contributed by atoms with Crippen LogP contribution in [0.4, 0.5) is 5.69 Å². The number of benzene rings is 1. The predicted octanol–water partition coefficient (Wildman–Crippen LogP) is 2.85. The van der Waals surface area contributed by atoms with Gasteiger partial charge in [0.15, 0.2) is 5.85 Å². The molecule has 0 aliphatic rings. The maximum atomic E-state index is 12.3. The van der Waals surface area contributed by atoms with Crippen molar-refractivity contribution in [2.45, 2.75) is 19.7 Å². The van der Waals surface area contributed by atoms with Crippen LogP contribution in [0.2, 0.25) is 0 Å². The van der Waals surface area contributed by atoms with Crippen molar-refractivity contribution in [3.63, 3.8) is 0 Å². The highest BCUT2D eigenvalue weighted by Crippen LogP contribution is 2.59. The van der Waals surface area contributed by atoms with Gasteiger partial charge in [-0.15, -0.1) is 0 Å². The quantitative estimate of drug-likeness (QED) is 0.470. The zero-order valence-electron chi connectivity index (χ0n) is 10.7. The summed E-state index contributed by atoms with van der Waals surface area (Å²) in [5, 5.41) is 20.6. The molecule has 106 valence electrons. The van der Waals surface area contributed by atoms with Crippen LogP contribution in [0, 0.1) is 10.1 Å². The first-order valence-corrected chi connectivity index (χ1v) is 7.37. The van der Waals surface area contributed by atoms with Crippen molar-refractivity contribution >= 4 is 13.3 Å². The third kappa shape index (κ3) is 3.84. The topological polar surface area (TPSA) is 98.9 Å². The van der Waals surface area contributed by atoms with E-state index in [1.807, 2.05) is 0 Å². The van der Waals surface area contributed by atoms with E-state index in [0.29, 0.717) is 0 Å². The van der Waals surface area contributed by atoms with Gasteiger partial charge in [-0.25, -0.2) is 0 Å². The standard InChI is InChI=1S/C11H16NO6P/c1-3-17-19(16,18-4-2)11(13)9-5-7-10(8-6-9)12(14)15/h5-8,11,13H,3-4H2,1-2H3/t11-/m0/s1. The molecule has 0 aliphatic heterocycles. The van der Waals surface area contributed by atoms with Crippen LogP contribution >= 0.6 is 7.60 Å². The van der Waals surface area contributed by atoms with Crippen LogP contribution in [0.5, 0.6) is 0 Å². The van der Waals surface area contributed by atoms with Gasteiger partial charge < -0.3 is 14.2 Å². The molecule has 0 saturated carbocycles. The van der Waals surface area contributed by atoms with E-state index in [0.717, 1.165) is 0 Å². The second-order valence-corrected chi connectivity index (χ2v) is 5.68. The molecule has 0 unspecified atom stereocenters. The summed E-state index contributed by atoms with van der Waals surface area (Å²) in [6.07, 6.45) is 0. The summed E-state index contributed by atoms with van der Waals surface area (Å²) < 4.78 is 22.3. The summed E-state index contributed by atoms with van der Waals surface area (Å²) in [6, 6.07) is 5.10.